The normalized spacial score (nSPS) is 25.4. The molecule has 0 saturated heterocycles. The van der Waals surface area contributed by atoms with E-state index in [1.807, 2.05) is 0 Å². The molecular weight excluding hydrogens is 345 g/mol. The van der Waals surface area contributed by atoms with Crippen molar-refractivity contribution in [3.63, 3.8) is 0 Å². The van der Waals surface area contributed by atoms with Gasteiger partial charge in [-0.15, -0.1) is 0 Å². The van der Waals surface area contributed by atoms with Crippen LogP contribution >= 0.6 is 15.9 Å². The van der Waals surface area contributed by atoms with Gasteiger partial charge >= 0.3 is 5.97 Å². The Bertz CT molecular complexity index is 474. The lowest BCUT2D eigenvalue weighted by atomic mass is 9.83. The molecule has 1 fully saturated rings. The minimum Gasteiger partial charge on any atom is -0.463 e. The first-order chi connectivity index (χ1) is 10.1. The number of pyridine rings is 1. The van der Waals surface area contributed by atoms with Crippen LogP contribution in [0.1, 0.15) is 32.6 Å². The first-order valence-corrected chi connectivity index (χ1v) is 7.64. The van der Waals surface area contributed by atoms with Gasteiger partial charge in [-0.3, -0.25) is 0 Å². The van der Waals surface area contributed by atoms with E-state index in [0.717, 1.165) is 4.47 Å². The Kier molecular flexibility index (Phi) is 5.52. The van der Waals surface area contributed by atoms with E-state index in [1.54, 1.807) is 25.3 Å². The first-order valence-electron chi connectivity index (χ1n) is 6.85. The SMILES string of the molecule is CCOC(=O)C1(Oc2ccc(Br)cn2)CCC(OF)CC1. The van der Waals surface area contributed by atoms with E-state index in [2.05, 4.69) is 25.9 Å². The Morgan fingerprint density at radius 3 is 2.71 bits per heavy atom. The van der Waals surface area contributed by atoms with Crippen LogP contribution in [-0.2, 0) is 14.5 Å². The summed E-state index contributed by atoms with van der Waals surface area (Å²) in [6.45, 7) is 2.00. The van der Waals surface area contributed by atoms with E-state index in [9.17, 15) is 9.32 Å². The summed E-state index contributed by atoms with van der Waals surface area (Å²) in [5.74, 6) is -0.0992. The van der Waals surface area contributed by atoms with Crippen LogP contribution in [0.3, 0.4) is 0 Å². The smallest absolute Gasteiger partial charge is 0.350 e. The van der Waals surface area contributed by atoms with Gasteiger partial charge in [0.1, 0.15) is 0 Å². The van der Waals surface area contributed by atoms with Crippen LogP contribution in [0.25, 0.3) is 0 Å². The van der Waals surface area contributed by atoms with E-state index in [0.29, 0.717) is 31.6 Å². The Balaban J connectivity index is 2.16. The first kappa shape index (κ1) is 16.2. The molecule has 116 valence electrons. The summed E-state index contributed by atoms with van der Waals surface area (Å²) in [5, 5.41) is 0. The molecule has 1 aliphatic rings. The summed E-state index contributed by atoms with van der Waals surface area (Å²) >= 11 is 3.29. The second-order valence-corrected chi connectivity index (χ2v) is 5.84. The molecule has 0 aliphatic heterocycles. The third-order valence-corrected chi connectivity index (χ3v) is 3.98. The Morgan fingerprint density at radius 2 is 2.19 bits per heavy atom. The molecule has 0 atom stereocenters. The molecule has 1 aromatic rings. The van der Waals surface area contributed by atoms with E-state index in [1.165, 1.54) is 0 Å². The van der Waals surface area contributed by atoms with Crippen molar-refractivity contribution in [2.75, 3.05) is 6.61 Å². The molecule has 5 nitrogen and oxygen atoms in total. The lowest BCUT2D eigenvalue weighted by molar-refractivity contribution is -0.203. The summed E-state index contributed by atoms with van der Waals surface area (Å²) in [4.78, 5) is 20.2. The van der Waals surface area contributed by atoms with Crippen molar-refractivity contribution in [1.29, 1.82) is 0 Å². The minimum absolute atomic E-state index is 0.265. The zero-order chi connectivity index (χ0) is 15.3. The van der Waals surface area contributed by atoms with Crippen molar-refractivity contribution < 1.29 is 23.7 Å². The number of carbonyl (C=O) groups excluding carboxylic acids is 1. The maximum Gasteiger partial charge on any atom is 0.350 e. The van der Waals surface area contributed by atoms with Crippen LogP contribution in [0, 0.1) is 0 Å². The Morgan fingerprint density at radius 1 is 1.48 bits per heavy atom. The van der Waals surface area contributed by atoms with Gasteiger partial charge in [0.2, 0.25) is 11.5 Å². The van der Waals surface area contributed by atoms with Gasteiger partial charge in [-0.2, -0.15) is 4.94 Å². The molecule has 0 amide bonds. The number of hydrogen-bond donors (Lipinski definition) is 0. The molecule has 0 bridgehead atoms. The molecule has 1 aromatic heterocycles. The molecule has 21 heavy (non-hydrogen) atoms. The minimum atomic E-state index is -1.12. The summed E-state index contributed by atoms with van der Waals surface area (Å²) in [6.07, 6.45) is 2.55. The molecule has 0 unspecified atom stereocenters. The molecular formula is C14H17BrFNO4. The molecule has 0 aromatic carbocycles. The highest BCUT2D eigenvalue weighted by Gasteiger charge is 2.46. The predicted molar refractivity (Wildman–Crippen MR) is 76.4 cm³/mol. The molecule has 0 spiro atoms. The third-order valence-electron chi connectivity index (χ3n) is 3.51. The van der Waals surface area contributed by atoms with Gasteiger partial charge in [-0.05, 0) is 46.3 Å². The number of hydrogen-bond acceptors (Lipinski definition) is 5. The van der Waals surface area contributed by atoms with E-state index in [4.69, 9.17) is 9.47 Å². The van der Waals surface area contributed by atoms with Crippen molar-refractivity contribution in [3.05, 3.63) is 22.8 Å². The van der Waals surface area contributed by atoms with Crippen LogP contribution in [0.2, 0.25) is 0 Å². The van der Waals surface area contributed by atoms with Crippen LogP contribution in [0.4, 0.5) is 4.53 Å². The maximum absolute atomic E-state index is 12.3. The van der Waals surface area contributed by atoms with Gasteiger partial charge in [0.15, 0.2) is 0 Å². The number of carbonyl (C=O) groups is 1. The Hall–Kier alpha value is -1.21. The average molecular weight is 362 g/mol. The fourth-order valence-corrected chi connectivity index (χ4v) is 2.61. The molecule has 1 saturated carbocycles. The summed E-state index contributed by atoms with van der Waals surface area (Å²) in [6, 6.07) is 3.44. The van der Waals surface area contributed by atoms with Gasteiger partial charge in [0.25, 0.3) is 0 Å². The molecule has 2 rings (SSSR count). The van der Waals surface area contributed by atoms with Crippen LogP contribution in [-0.4, -0.2) is 29.3 Å². The van der Waals surface area contributed by atoms with E-state index < -0.39 is 17.7 Å². The lowest BCUT2D eigenvalue weighted by Gasteiger charge is -2.36. The highest BCUT2D eigenvalue weighted by Crippen LogP contribution is 2.35. The molecule has 0 N–H and O–H groups in total. The molecule has 1 aliphatic carbocycles. The number of nitrogens with zero attached hydrogens (tertiary/aromatic N) is 1. The van der Waals surface area contributed by atoms with Crippen LogP contribution < -0.4 is 4.74 Å². The highest BCUT2D eigenvalue weighted by molar-refractivity contribution is 9.10. The van der Waals surface area contributed by atoms with Crippen LogP contribution in [0.5, 0.6) is 5.88 Å². The number of ether oxygens (including phenoxy) is 2. The van der Waals surface area contributed by atoms with Crippen molar-refractivity contribution in [2.24, 2.45) is 0 Å². The van der Waals surface area contributed by atoms with E-state index >= 15 is 0 Å². The number of esters is 1. The topological polar surface area (TPSA) is 57.7 Å². The molecule has 1 heterocycles. The third kappa shape index (κ3) is 3.91. The van der Waals surface area contributed by atoms with Gasteiger partial charge in [0, 0.05) is 29.6 Å². The summed E-state index contributed by atoms with van der Waals surface area (Å²) in [7, 11) is 0. The highest BCUT2D eigenvalue weighted by atomic mass is 79.9. The van der Waals surface area contributed by atoms with Gasteiger partial charge < -0.3 is 9.47 Å². The second-order valence-electron chi connectivity index (χ2n) is 4.92. The zero-order valence-electron chi connectivity index (χ0n) is 11.7. The summed E-state index contributed by atoms with van der Waals surface area (Å²) < 4.78 is 24.0. The van der Waals surface area contributed by atoms with Gasteiger partial charge in [-0.25, -0.2) is 9.78 Å². The number of aromatic nitrogens is 1. The molecule has 0 radical (unpaired) electrons. The number of rotatable bonds is 5. The Labute approximate surface area is 130 Å². The largest absolute Gasteiger partial charge is 0.463 e. The summed E-state index contributed by atoms with van der Waals surface area (Å²) in [5.41, 5.74) is -1.12. The zero-order valence-corrected chi connectivity index (χ0v) is 13.3. The second kappa shape index (κ2) is 7.17. The standard InChI is InChI=1S/C14H17BrFNO4/c1-2-19-13(18)14(7-5-11(21-16)6-8-14)20-12-4-3-10(15)9-17-12/h3-4,9,11H,2,5-8H2,1H3. The molecule has 7 heteroatoms. The maximum atomic E-state index is 12.3. The van der Waals surface area contributed by atoms with Crippen molar-refractivity contribution >= 4 is 21.9 Å². The van der Waals surface area contributed by atoms with Crippen LogP contribution in [0.15, 0.2) is 22.8 Å². The number of halogens is 2. The fourth-order valence-electron chi connectivity index (χ4n) is 2.38. The van der Waals surface area contributed by atoms with Gasteiger partial charge in [-0.1, -0.05) is 0 Å². The van der Waals surface area contributed by atoms with Crippen molar-refractivity contribution in [2.45, 2.75) is 44.3 Å². The van der Waals surface area contributed by atoms with E-state index in [-0.39, 0.29) is 6.61 Å². The lowest BCUT2D eigenvalue weighted by Crippen LogP contribution is -2.49. The monoisotopic (exact) mass is 361 g/mol. The quantitative estimate of drug-likeness (QED) is 0.752. The predicted octanol–water partition coefficient (Wildman–Crippen LogP) is 3.37. The van der Waals surface area contributed by atoms with Crippen molar-refractivity contribution in [1.82, 2.24) is 4.98 Å². The average Bonchev–Trinajstić information content (AvgIpc) is 2.50. The van der Waals surface area contributed by atoms with Gasteiger partial charge in [0.05, 0.1) is 12.7 Å². The van der Waals surface area contributed by atoms with Crippen molar-refractivity contribution in [3.8, 4) is 5.88 Å². The fraction of sp³-hybridized carbons (Fsp3) is 0.571.